The van der Waals surface area contributed by atoms with Crippen molar-refractivity contribution in [3.63, 3.8) is 0 Å². The molecule has 0 atom stereocenters. The summed E-state index contributed by atoms with van der Waals surface area (Å²) in [5, 5.41) is 5.75. The molecule has 0 radical (unpaired) electrons. The molecule has 0 unspecified atom stereocenters. The minimum Gasteiger partial charge on any atom is -0.377 e. The first kappa shape index (κ1) is 81.2. The average Bonchev–Trinajstić information content (AvgIpc) is 3.28. The Hall–Kier alpha value is 0.700. The minimum atomic E-state index is -6.12. The molecule has 0 amide bonds. The summed E-state index contributed by atoms with van der Waals surface area (Å²) < 4.78 is 236. The summed E-state index contributed by atoms with van der Waals surface area (Å²) in [5.41, 5.74) is 9.82. The fraction of sp³-hybridized carbons (Fsp3) is 0.944. The first-order chi connectivity index (χ1) is 34.0. The third-order valence-corrected chi connectivity index (χ3v) is 10.3. The molecular formula is C36H60F16I4N4O12S2. The van der Waals surface area contributed by atoms with Gasteiger partial charge in [0.1, 0.15) is 0 Å². The second kappa shape index (κ2) is 45.3. The van der Waals surface area contributed by atoms with Crippen LogP contribution in [-0.2, 0) is 56.8 Å². The van der Waals surface area contributed by atoms with Gasteiger partial charge in [0.15, 0.2) is 10.2 Å². The number of rotatable bonds is 6. The number of halogens is 20. The van der Waals surface area contributed by atoms with Crippen LogP contribution >= 0.6 is 115 Å². The Labute approximate surface area is 482 Å². The quantitative estimate of drug-likeness (QED) is 0.0876. The molecule has 0 bridgehead atoms. The Morgan fingerprint density at radius 2 is 0.351 bits per heavy atom. The number of ether oxygens (including phenoxy) is 12. The van der Waals surface area contributed by atoms with E-state index in [1.54, 1.807) is 14.1 Å². The van der Waals surface area contributed by atoms with Gasteiger partial charge in [-0.25, -0.2) is 0 Å². The SMILES string of the molecule is C1COCCOCCOCCOCCOCCO1.C1COCCOCCOCCOCCOCCO1.CNC(N)=S.CNC(N)=S.FC(F)(I)C(F)(F)C(F)(F)C(F)(F)I.FC(F)(I)C(F)(F)C(F)(F)C(F)(F)I. The minimum absolute atomic E-state index is 0.315. The predicted molar refractivity (Wildman–Crippen MR) is 277 cm³/mol. The highest BCUT2D eigenvalue weighted by atomic mass is 127. The maximum Gasteiger partial charge on any atom is 0.388 e. The zero-order valence-electron chi connectivity index (χ0n) is 39.4. The van der Waals surface area contributed by atoms with Crippen LogP contribution in [-0.4, -0.2) is 222 Å². The third-order valence-electron chi connectivity index (χ3n) is 7.17. The lowest BCUT2D eigenvalue weighted by Crippen LogP contribution is -2.58. The molecule has 0 aliphatic carbocycles. The van der Waals surface area contributed by atoms with Gasteiger partial charge in [-0.15, -0.1) is 0 Å². The van der Waals surface area contributed by atoms with Gasteiger partial charge >= 0.3 is 39.4 Å². The molecule has 448 valence electrons. The second-order valence-electron chi connectivity index (χ2n) is 12.9. The lowest BCUT2D eigenvalue weighted by atomic mass is 10.2. The van der Waals surface area contributed by atoms with E-state index in [2.05, 4.69) is 35.1 Å². The summed E-state index contributed by atoms with van der Waals surface area (Å²) in [6.45, 7) is 14.1. The Morgan fingerprint density at radius 3 is 0.392 bits per heavy atom. The fourth-order valence-electron chi connectivity index (χ4n) is 3.35. The largest absolute Gasteiger partial charge is 0.388 e. The normalized spacial score (nSPS) is 18.6. The second-order valence-corrected chi connectivity index (χ2v) is 19.2. The molecule has 0 aromatic carbocycles. The topological polar surface area (TPSA) is 187 Å². The van der Waals surface area contributed by atoms with E-state index in [1.807, 2.05) is 0 Å². The summed E-state index contributed by atoms with van der Waals surface area (Å²) in [6, 6.07) is 0. The summed E-state index contributed by atoms with van der Waals surface area (Å²) in [4.78, 5) is 0. The summed E-state index contributed by atoms with van der Waals surface area (Å²) in [5.74, 6) is -24.5. The van der Waals surface area contributed by atoms with Gasteiger partial charge in [0.05, 0.1) is 159 Å². The smallest absolute Gasteiger partial charge is 0.377 e. The van der Waals surface area contributed by atoms with Gasteiger partial charge in [-0.1, -0.05) is 0 Å². The predicted octanol–water partition coefficient (Wildman–Crippen LogP) is 7.72. The Balaban J connectivity index is -0.000000417. The highest BCUT2D eigenvalue weighted by molar-refractivity contribution is 14.1. The molecular weight excluding hydrogens is 1560 g/mol. The highest BCUT2D eigenvalue weighted by Crippen LogP contribution is 2.57. The first-order valence-corrected chi connectivity index (χ1v) is 25.8. The van der Waals surface area contributed by atoms with Gasteiger partial charge in [-0.3, -0.25) is 0 Å². The van der Waals surface area contributed by atoms with E-state index in [0.29, 0.717) is 169 Å². The molecule has 2 saturated heterocycles. The number of hydrogen-bond acceptors (Lipinski definition) is 14. The van der Waals surface area contributed by atoms with Crippen LogP contribution in [0.1, 0.15) is 0 Å². The molecule has 38 heteroatoms. The van der Waals surface area contributed by atoms with Gasteiger partial charge in [-0.05, 0) is 24.4 Å². The maximum absolute atomic E-state index is 12.2. The summed E-state index contributed by atoms with van der Waals surface area (Å²) >= 11 is 7.47. The van der Waals surface area contributed by atoms with Gasteiger partial charge in [-0.2, -0.15) is 70.2 Å². The van der Waals surface area contributed by atoms with E-state index >= 15 is 0 Å². The Kier molecular flexibility index (Phi) is 49.7. The molecule has 74 heavy (non-hydrogen) atoms. The lowest BCUT2D eigenvalue weighted by molar-refractivity contribution is -0.312. The van der Waals surface area contributed by atoms with E-state index in [9.17, 15) is 70.2 Å². The average molecular weight is 1620 g/mol. The molecule has 2 aliphatic rings. The first-order valence-electron chi connectivity index (χ1n) is 20.7. The molecule has 2 rings (SSSR count). The van der Waals surface area contributed by atoms with E-state index < -0.39 is 39.4 Å². The Morgan fingerprint density at radius 1 is 0.284 bits per heavy atom. The van der Waals surface area contributed by atoms with Crippen molar-refractivity contribution in [1.82, 2.24) is 10.6 Å². The fourth-order valence-corrected chi connectivity index (χ4v) is 4.71. The summed E-state index contributed by atoms with van der Waals surface area (Å²) in [6.07, 6.45) is 0. The maximum atomic E-state index is 12.2. The van der Waals surface area contributed by atoms with Crippen LogP contribution in [0.15, 0.2) is 0 Å². The monoisotopic (exact) mass is 1620 g/mol. The van der Waals surface area contributed by atoms with E-state index in [4.69, 9.17) is 68.3 Å². The van der Waals surface area contributed by atoms with Crippen LogP contribution in [0.4, 0.5) is 70.2 Å². The molecule has 0 saturated carbocycles. The number of thiocarbonyl (C=S) groups is 2. The molecule has 6 N–H and O–H groups in total. The lowest BCUT2D eigenvalue weighted by Gasteiger charge is -2.31. The summed E-state index contributed by atoms with van der Waals surface area (Å²) in [7, 11) is 3.37. The van der Waals surface area contributed by atoms with Crippen molar-refractivity contribution < 1.29 is 127 Å². The van der Waals surface area contributed by atoms with Gasteiger partial charge < -0.3 is 78.9 Å². The Bertz CT molecular complexity index is 1090. The number of nitrogens with one attached hydrogen (secondary N) is 2. The molecule has 2 fully saturated rings. The number of hydrogen-bond donors (Lipinski definition) is 4. The van der Waals surface area contributed by atoms with Crippen LogP contribution < -0.4 is 22.1 Å². The van der Waals surface area contributed by atoms with Crippen molar-refractivity contribution in [3.05, 3.63) is 0 Å². The van der Waals surface area contributed by atoms with Crippen molar-refractivity contribution >= 4 is 125 Å². The number of alkyl halides is 20. The standard InChI is InChI=1S/2C12H24O6.2C4F8I2.2C2H6N2S/c2*1-2-14-5-6-16-9-10-18-12-11-17-8-7-15-4-3-13-1;2*5-1(6,3(9,10)13)2(7,8)4(11,12)14;2*1-4-2(3)5/h2*1-12H2;;;2*1H3,(H3,3,4,5). The van der Waals surface area contributed by atoms with Crippen molar-refractivity contribution in [2.75, 3.05) is 173 Å². The molecule has 0 aromatic rings. The molecule has 16 nitrogen and oxygen atoms in total. The van der Waals surface area contributed by atoms with E-state index in [1.165, 1.54) is 0 Å². The van der Waals surface area contributed by atoms with Crippen molar-refractivity contribution in [1.29, 1.82) is 0 Å². The molecule has 2 heterocycles. The van der Waals surface area contributed by atoms with E-state index in [-0.39, 0.29) is 90.4 Å². The molecule has 0 spiro atoms. The van der Waals surface area contributed by atoms with Crippen LogP contribution in [0, 0.1) is 0 Å². The van der Waals surface area contributed by atoms with Crippen LogP contribution in [0.5, 0.6) is 0 Å². The number of nitrogens with two attached hydrogens (primary N) is 2. The third kappa shape index (κ3) is 41.7. The van der Waals surface area contributed by atoms with Gasteiger partial charge in [0.2, 0.25) is 0 Å². The van der Waals surface area contributed by atoms with Gasteiger partial charge in [0.25, 0.3) is 0 Å². The van der Waals surface area contributed by atoms with Crippen LogP contribution in [0.3, 0.4) is 0 Å². The molecule has 2 aliphatic heterocycles. The van der Waals surface area contributed by atoms with Crippen LogP contribution in [0.25, 0.3) is 0 Å². The molecule has 0 aromatic heterocycles. The zero-order valence-corrected chi connectivity index (χ0v) is 49.7. The van der Waals surface area contributed by atoms with E-state index in [0.717, 1.165) is 0 Å². The van der Waals surface area contributed by atoms with Crippen LogP contribution in [0.2, 0.25) is 0 Å². The van der Waals surface area contributed by atoms with Gasteiger partial charge in [0, 0.05) is 104 Å². The highest BCUT2D eigenvalue weighted by Gasteiger charge is 2.80. The van der Waals surface area contributed by atoms with Crippen molar-refractivity contribution in [2.24, 2.45) is 11.5 Å². The zero-order chi connectivity index (χ0) is 58.0. The van der Waals surface area contributed by atoms with Crippen molar-refractivity contribution in [3.8, 4) is 0 Å². The van der Waals surface area contributed by atoms with Crippen molar-refractivity contribution in [2.45, 2.75) is 39.4 Å².